The Morgan fingerprint density at radius 3 is 2.20 bits per heavy atom. The molecule has 0 fully saturated rings. The van der Waals surface area contributed by atoms with Crippen molar-refractivity contribution in [1.29, 1.82) is 0 Å². The van der Waals surface area contributed by atoms with Crippen LogP contribution in [-0.4, -0.2) is 0 Å². The van der Waals surface area contributed by atoms with Crippen molar-refractivity contribution in [2.75, 3.05) is 0 Å². The van der Waals surface area contributed by atoms with Gasteiger partial charge in [0, 0.05) is 0 Å². The van der Waals surface area contributed by atoms with Crippen molar-refractivity contribution >= 4 is 11.3 Å². The van der Waals surface area contributed by atoms with Crippen LogP contribution < -0.4 is 0 Å². The van der Waals surface area contributed by atoms with Gasteiger partial charge in [0.15, 0.2) is 0 Å². The second-order valence-corrected chi connectivity index (χ2v) is 1.40. The van der Waals surface area contributed by atoms with Gasteiger partial charge in [0.05, 0.1) is 2.74 Å². The van der Waals surface area contributed by atoms with E-state index in [9.17, 15) is 0 Å². The molecular weight excluding hydrogens is 80.1 g/mol. The van der Waals surface area contributed by atoms with Crippen LogP contribution in [0.5, 0.6) is 0 Å². The van der Waals surface area contributed by atoms with Gasteiger partial charge in [-0.15, -0.1) is 0 Å². The lowest BCUT2D eigenvalue weighted by Crippen LogP contribution is -1.16. The maximum Gasteiger partial charge on any atom is 0.0631 e. The monoisotopic (exact) mass is 88.0 g/mol. The van der Waals surface area contributed by atoms with Crippen LogP contribution in [0.3, 0.4) is 0 Å². The summed E-state index contributed by atoms with van der Waals surface area (Å²) in [5.74, 6) is 0. The molecular formula is C4H4S. The Labute approximate surface area is 37.9 Å². The molecule has 1 aromatic heterocycles. The summed E-state index contributed by atoms with van der Waals surface area (Å²) >= 11 is 1.39. The molecule has 0 aliphatic carbocycles. The highest BCUT2D eigenvalue weighted by Gasteiger charge is 1.58. The maximum atomic E-state index is 6.92. The van der Waals surface area contributed by atoms with E-state index >= 15 is 0 Å². The lowest BCUT2D eigenvalue weighted by Gasteiger charge is -1.39. The minimum Gasteiger partial charge on any atom is -0.152 e. The Bertz CT molecular complexity index is 142. The van der Waals surface area contributed by atoms with E-state index in [0.29, 0.717) is 12.1 Å². The molecule has 0 saturated carbocycles. The van der Waals surface area contributed by atoms with Crippen molar-refractivity contribution in [3.63, 3.8) is 0 Å². The molecule has 1 heteroatoms. The average Bonchev–Trinajstić information content (AvgIpc) is 1.91. The smallest absolute Gasteiger partial charge is 0.0631 e. The molecule has 0 aromatic carbocycles. The van der Waals surface area contributed by atoms with Gasteiger partial charge in [-0.3, -0.25) is 0 Å². The van der Waals surface area contributed by atoms with Crippen molar-refractivity contribution in [2.24, 2.45) is 0 Å². The molecule has 0 radical (unpaired) electrons. The van der Waals surface area contributed by atoms with Crippen LogP contribution in [-0.2, 0) is 0 Å². The fourth-order valence-corrected chi connectivity index (χ4v) is 0.510. The summed E-state index contributed by atoms with van der Waals surface area (Å²) in [6.45, 7) is 0. The Balaban J connectivity index is 3.12. The zero-order valence-electron chi connectivity index (χ0n) is 4.56. The van der Waals surface area contributed by atoms with Crippen LogP contribution in [0, 0.1) is 0 Å². The topological polar surface area (TPSA) is 0 Å². The van der Waals surface area contributed by atoms with E-state index < -0.39 is 0 Å². The molecule has 0 amide bonds. The summed E-state index contributed by atoms with van der Waals surface area (Å²) in [7, 11) is 0. The van der Waals surface area contributed by atoms with Crippen molar-refractivity contribution in [3.05, 3.63) is 22.8 Å². The average molecular weight is 88.2 g/mol. The molecule has 0 aliphatic heterocycles. The molecule has 0 nitrogen and oxygen atoms in total. The van der Waals surface area contributed by atoms with Crippen LogP contribution in [0.25, 0.3) is 0 Å². The summed E-state index contributed by atoms with van der Waals surface area (Å²) in [4.78, 5) is 0. The maximum absolute atomic E-state index is 6.92. The van der Waals surface area contributed by atoms with Gasteiger partial charge in [-0.05, 0) is 10.8 Å². The highest BCUT2D eigenvalue weighted by molar-refractivity contribution is 7.07. The van der Waals surface area contributed by atoms with Crippen LogP contribution >= 0.6 is 11.3 Å². The van der Waals surface area contributed by atoms with E-state index in [1.165, 1.54) is 11.3 Å². The van der Waals surface area contributed by atoms with E-state index in [4.69, 9.17) is 2.74 Å². The molecule has 1 heterocycles. The standard InChI is InChI=1S/C4H4S/c1-2-4-5-3-1/h1-4H/i1T,2T. The summed E-state index contributed by atoms with van der Waals surface area (Å²) in [6.07, 6.45) is 0. The molecule has 26 valence electrons. The van der Waals surface area contributed by atoms with Crippen molar-refractivity contribution in [1.82, 2.24) is 0 Å². The van der Waals surface area contributed by atoms with Crippen LogP contribution in [0.2, 0.25) is 0 Å². The molecule has 0 saturated heterocycles. The molecule has 1 aromatic rings. The largest absolute Gasteiger partial charge is 0.152 e. The first-order valence-electron chi connectivity index (χ1n) is 2.30. The fourth-order valence-electron chi connectivity index (χ4n) is 0.170. The second kappa shape index (κ2) is 1.22. The van der Waals surface area contributed by atoms with Crippen molar-refractivity contribution < 1.29 is 2.74 Å². The van der Waals surface area contributed by atoms with Crippen molar-refractivity contribution in [2.45, 2.75) is 0 Å². The van der Waals surface area contributed by atoms with Crippen LogP contribution in [0.15, 0.2) is 22.8 Å². The lowest BCUT2D eigenvalue weighted by molar-refractivity contribution is 2.03. The zero-order chi connectivity index (χ0) is 5.28. The Kier molecular flexibility index (Phi) is 0.350. The summed E-state index contributed by atoms with van der Waals surface area (Å²) in [6, 6.07) is 0.648. The van der Waals surface area contributed by atoms with Gasteiger partial charge in [-0.2, -0.15) is 11.3 Å². The Hall–Kier alpha value is -0.300. The number of thiophene rings is 1. The van der Waals surface area contributed by atoms with Gasteiger partial charge in [-0.1, -0.05) is 12.1 Å². The molecule has 1 rings (SSSR count). The van der Waals surface area contributed by atoms with E-state index in [-0.39, 0.29) is 0 Å². The van der Waals surface area contributed by atoms with Gasteiger partial charge in [0.1, 0.15) is 0 Å². The number of hydrogen-bond acceptors (Lipinski definition) is 1. The van der Waals surface area contributed by atoms with Gasteiger partial charge >= 0.3 is 0 Å². The fraction of sp³-hybridized carbons (Fsp3) is 0. The Morgan fingerprint density at radius 1 is 1.40 bits per heavy atom. The highest BCUT2D eigenvalue weighted by Crippen LogP contribution is 1.91. The molecule has 0 unspecified atom stereocenters. The molecule has 5 heavy (non-hydrogen) atoms. The van der Waals surface area contributed by atoms with Crippen molar-refractivity contribution in [3.8, 4) is 0 Å². The summed E-state index contributed by atoms with van der Waals surface area (Å²) in [5.41, 5.74) is 0. The minimum absolute atomic E-state index is 0.324. The third kappa shape index (κ3) is 0.484. The van der Waals surface area contributed by atoms with E-state index in [0.717, 1.165) is 0 Å². The van der Waals surface area contributed by atoms with Gasteiger partial charge in [0.2, 0.25) is 0 Å². The molecule has 0 bridgehead atoms. The normalized spacial score (nSPS) is 13.6. The van der Waals surface area contributed by atoms with Crippen LogP contribution in [0.4, 0.5) is 0 Å². The summed E-state index contributed by atoms with van der Waals surface area (Å²) < 4.78 is 13.8. The molecule has 0 atom stereocenters. The summed E-state index contributed by atoms with van der Waals surface area (Å²) in [5, 5.41) is 3.28. The van der Waals surface area contributed by atoms with E-state index in [1.807, 2.05) is 0 Å². The van der Waals surface area contributed by atoms with E-state index in [1.54, 1.807) is 10.8 Å². The first-order chi connectivity index (χ1) is 3.30. The quantitative estimate of drug-likeness (QED) is 0.453. The Morgan fingerprint density at radius 2 is 2.00 bits per heavy atom. The predicted octanol–water partition coefficient (Wildman–Crippen LogP) is 1.75. The lowest BCUT2D eigenvalue weighted by atomic mass is 10.7. The van der Waals surface area contributed by atoms with Gasteiger partial charge < -0.3 is 0 Å². The third-order valence-electron chi connectivity index (χ3n) is 0.337. The molecule has 0 aliphatic rings. The first kappa shape index (κ1) is 1.43. The number of hydrogen-bond donors (Lipinski definition) is 0. The highest BCUT2D eigenvalue weighted by atomic mass is 32.1. The number of rotatable bonds is 0. The SMILES string of the molecule is [3H]c1cscc1[3H]. The first-order valence-corrected chi connectivity index (χ1v) is 2.24. The van der Waals surface area contributed by atoms with Crippen LogP contribution in [0.1, 0.15) is 2.74 Å². The molecule has 0 N–H and O–H groups in total. The van der Waals surface area contributed by atoms with Gasteiger partial charge in [0.25, 0.3) is 0 Å². The predicted molar refractivity (Wildman–Crippen MR) is 24.3 cm³/mol. The molecule has 0 spiro atoms. The third-order valence-corrected chi connectivity index (χ3v) is 0.845. The van der Waals surface area contributed by atoms with Gasteiger partial charge in [-0.25, -0.2) is 0 Å². The second-order valence-electron chi connectivity index (χ2n) is 0.660. The van der Waals surface area contributed by atoms with E-state index in [2.05, 4.69) is 0 Å². The zero-order valence-corrected chi connectivity index (χ0v) is 3.38. The minimum atomic E-state index is 0.324.